The summed E-state index contributed by atoms with van der Waals surface area (Å²) < 4.78 is 45.1. The summed E-state index contributed by atoms with van der Waals surface area (Å²) in [6, 6.07) is 5.06. The molecular formula is C11H12F3NO. The van der Waals surface area contributed by atoms with Crippen LogP contribution in [0.15, 0.2) is 24.3 Å². The summed E-state index contributed by atoms with van der Waals surface area (Å²) in [5.41, 5.74) is 4.07. The van der Waals surface area contributed by atoms with E-state index in [0.717, 1.165) is 0 Å². The van der Waals surface area contributed by atoms with Crippen LogP contribution in [0.3, 0.4) is 0 Å². The number of rotatable bonds is 3. The maximum absolute atomic E-state index is 13.7. The Labute approximate surface area is 91.2 Å². The van der Waals surface area contributed by atoms with Crippen molar-refractivity contribution in [1.82, 2.24) is 0 Å². The molecule has 0 atom stereocenters. The molecule has 0 spiro atoms. The first-order valence-corrected chi connectivity index (χ1v) is 4.93. The summed E-state index contributed by atoms with van der Waals surface area (Å²) in [7, 11) is 0. The van der Waals surface area contributed by atoms with E-state index in [2.05, 4.69) is 0 Å². The number of ether oxygens (including phenoxy) is 1. The Hall–Kier alpha value is -1.07. The second kappa shape index (κ2) is 3.75. The maximum Gasteiger partial charge on any atom is 0.274 e. The Morgan fingerprint density at radius 3 is 2.19 bits per heavy atom. The van der Waals surface area contributed by atoms with Crippen molar-refractivity contribution in [3.05, 3.63) is 35.6 Å². The molecule has 1 heterocycles. The fourth-order valence-electron chi connectivity index (χ4n) is 1.86. The number of alkyl halides is 2. The zero-order valence-corrected chi connectivity index (χ0v) is 8.55. The average molecular weight is 231 g/mol. The van der Waals surface area contributed by atoms with Crippen LogP contribution in [0, 0.1) is 5.82 Å². The molecule has 1 aromatic carbocycles. The summed E-state index contributed by atoms with van der Waals surface area (Å²) >= 11 is 0. The van der Waals surface area contributed by atoms with Crippen molar-refractivity contribution in [2.24, 2.45) is 5.73 Å². The van der Waals surface area contributed by atoms with Crippen LogP contribution in [0.5, 0.6) is 0 Å². The molecule has 1 aliphatic heterocycles. The monoisotopic (exact) mass is 231 g/mol. The predicted octanol–water partition coefficient (Wildman–Crippen LogP) is 1.69. The quantitative estimate of drug-likeness (QED) is 0.859. The maximum atomic E-state index is 13.7. The van der Waals surface area contributed by atoms with Crippen molar-refractivity contribution in [1.29, 1.82) is 0 Å². The first kappa shape index (κ1) is 11.4. The molecule has 0 bridgehead atoms. The Bertz CT molecular complexity index is 373. The molecule has 0 unspecified atom stereocenters. The van der Waals surface area contributed by atoms with Gasteiger partial charge in [0.15, 0.2) is 0 Å². The zero-order chi connectivity index (χ0) is 11.8. The first-order valence-electron chi connectivity index (χ1n) is 4.93. The molecule has 1 aromatic rings. The molecule has 0 radical (unpaired) electrons. The van der Waals surface area contributed by atoms with E-state index in [0.29, 0.717) is 5.56 Å². The van der Waals surface area contributed by atoms with E-state index in [-0.39, 0.29) is 13.2 Å². The van der Waals surface area contributed by atoms with Crippen LogP contribution in [0.25, 0.3) is 0 Å². The summed E-state index contributed by atoms with van der Waals surface area (Å²) in [4.78, 5) is 0. The van der Waals surface area contributed by atoms with Gasteiger partial charge in [0.1, 0.15) is 11.2 Å². The molecule has 1 aliphatic rings. The minimum Gasteiger partial charge on any atom is -0.379 e. The van der Waals surface area contributed by atoms with E-state index in [1.807, 2.05) is 0 Å². The van der Waals surface area contributed by atoms with Gasteiger partial charge in [-0.1, -0.05) is 12.1 Å². The molecule has 1 fully saturated rings. The van der Waals surface area contributed by atoms with Gasteiger partial charge in [-0.05, 0) is 17.7 Å². The van der Waals surface area contributed by atoms with Gasteiger partial charge in [0, 0.05) is 0 Å². The second-order valence-corrected chi connectivity index (χ2v) is 3.99. The van der Waals surface area contributed by atoms with Crippen LogP contribution in [0.4, 0.5) is 13.2 Å². The van der Waals surface area contributed by atoms with Crippen molar-refractivity contribution in [3.63, 3.8) is 0 Å². The molecule has 5 heteroatoms. The van der Waals surface area contributed by atoms with Gasteiger partial charge in [0.2, 0.25) is 0 Å². The Morgan fingerprint density at radius 2 is 1.81 bits per heavy atom. The summed E-state index contributed by atoms with van der Waals surface area (Å²) in [6.45, 7) is -0.903. The molecule has 16 heavy (non-hydrogen) atoms. The second-order valence-electron chi connectivity index (χ2n) is 3.99. The van der Waals surface area contributed by atoms with Crippen LogP contribution >= 0.6 is 0 Å². The smallest absolute Gasteiger partial charge is 0.274 e. The van der Waals surface area contributed by atoms with Gasteiger partial charge in [-0.3, -0.25) is 0 Å². The van der Waals surface area contributed by atoms with E-state index < -0.39 is 23.7 Å². The molecular weight excluding hydrogens is 219 g/mol. The third-order valence-electron chi connectivity index (χ3n) is 3.05. The average Bonchev–Trinajstić information content (AvgIpc) is 2.19. The van der Waals surface area contributed by atoms with Crippen LogP contribution < -0.4 is 5.73 Å². The highest BCUT2D eigenvalue weighted by molar-refractivity contribution is 5.32. The standard InChI is InChI=1S/C11H12F3NO/c12-9-3-1-8(2-4-9)10(6-16-7-10)11(13,14)5-15/h1-4H,5-7,15H2. The van der Waals surface area contributed by atoms with Gasteiger partial charge in [0.25, 0.3) is 5.92 Å². The van der Waals surface area contributed by atoms with Crippen molar-refractivity contribution in [3.8, 4) is 0 Å². The van der Waals surface area contributed by atoms with E-state index in [1.54, 1.807) is 0 Å². The van der Waals surface area contributed by atoms with Crippen molar-refractivity contribution < 1.29 is 17.9 Å². The number of halogens is 3. The topological polar surface area (TPSA) is 35.2 Å². The first-order chi connectivity index (χ1) is 7.52. The third-order valence-corrected chi connectivity index (χ3v) is 3.05. The minimum atomic E-state index is -3.04. The third kappa shape index (κ3) is 1.51. The normalized spacial score (nSPS) is 19.2. The largest absolute Gasteiger partial charge is 0.379 e. The molecule has 0 amide bonds. The number of hydrogen-bond acceptors (Lipinski definition) is 2. The number of nitrogens with two attached hydrogens (primary N) is 1. The minimum absolute atomic E-state index is 0.0805. The molecule has 1 saturated heterocycles. The van der Waals surface area contributed by atoms with Crippen molar-refractivity contribution in [2.45, 2.75) is 11.3 Å². The lowest BCUT2D eigenvalue weighted by molar-refractivity contribution is -0.190. The van der Waals surface area contributed by atoms with Gasteiger partial charge in [-0.25, -0.2) is 13.2 Å². The number of benzene rings is 1. The molecule has 0 aromatic heterocycles. The molecule has 2 rings (SSSR count). The Morgan fingerprint density at radius 1 is 1.25 bits per heavy atom. The summed E-state index contributed by atoms with van der Waals surface area (Å²) in [6.07, 6.45) is 0. The van der Waals surface area contributed by atoms with Crippen LogP contribution in [-0.4, -0.2) is 25.7 Å². The Kier molecular flexibility index (Phi) is 2.67. The van der Waals surface area contributed by atoms with E-state index in [1.165, 1.54) is 24.3 Å². The molecule has 88 valence electrons. The van der Waals surface area contributed by atoms with E-state index in [9.17, 15) is 13.2 Å². The molecule has 2 N–H and O–H groups in total. The number of hydrogen-bond donors (Lipinski definition) is 1. The lowest BCUT2D eigenvalue weighted by Crippen LogP contribution is -2.61. The summed E-state index contributed by atoms with van der Waals surface area (Å²) in [5.74, 6) is -3.49. The van der Waals surface area contributed by atoms with Crippen molar-refractivity contribution in [2.75, 3.05) is 19.8 Å². The van der Waals surface area contributed by atoms with Gasteiger partial charge in [-0.15, -0.1) is 0 Å². The molecule has 0 aliphatic carbocycles. The van der Waals surface area contributed by atoms with Gasteiger partial charge in [0.05, 0.1) is 19.8 Å². The lowest BCUT2D eigenvalue weighted by Gasteiger charge is -2.46. The molecule has 0 saturated carbocycles. The van der Waals surface area contributed by atoms with Crippen LogP contribution in [0.2, 0.25) is 0 Å². The highest BCUT2D eigenvalue weighted by Crippen LogP contribution is 2.44. The van der Waals surface area contributed by atoms with Crippen LogP contribution in [-0.2, 0) is 10.2 Å². The van der Waals surface area contributed by atoms with Gasteiger partial charge >= 0.3 is 0 Å². The van der Waals surface area contributed by atoms with Crippen LogP contribution in [0.1, 0.15) is 5.56 Å². The highest BCUT2D eigenvalue weighted by Gasteiger charge is 2.58. The van der Waals surface area contributed by atoms with Gasteiger partial charge in [-0.2, -0.15) is 0 Å². The highest BCUT2D eigenvalue weighted by atomic mass is 19.3. The summed E-state index contributed by atoms with van der Waals surface area (Å²) in [5, 5.41) is 0. The Balaban J connectivity index is 2.39. The van der Waals surface area contributed by atoms with E-state index in [4.69, 9.17) is 10.5 Å². The lowest BCUT2D eigenvalue weighted by atomic mass is 9.73. The predicted molar refractivity (Wildman–Crippen MR) is 52.9 cm³/mol. The molecule has 2 nitrogen and oxygen atoms in total. The van der Waals surface area contributed by atoms with Crippen molar-refractivity contribution >= 4 is 0 Å². The zero-order valence-electron chi connectivity index (χ0n) is 8.55. The van der Waals surface area contributed by atoms with E-state index >= 15 is 0 Å². The van der Waals surface area contributed by atoms with Gasteiger partial charge < -0.3 is 10.5 Å². The fraction of sp³-hybridized carbons (Fsp3) is 0.455. The fourth-order valence-corrected chi connectivity index (χ4v) is 1.86. The SMILES string of the molecule is NCC(F)(F)C1(c2ccc(F)cc2)COC1.